The summed E-state index contributed by atoms with van der Waals surface area (Å²) < 4.78 is 42.1. The number of methoxy groups -OCH3 is 1. The van der Waals surface area contributed by atoms with Crippen molar-refractivity contribution in [2.75, 3.05) is 46.8 Å². The van der Waals surface area contributed by atoms with E-state index in [1.165, 1.54) is 9.80 Å². The predicted octanol–water partition coefficient (Wildman–Crippen LogP) is 15.6. The highest BCUT2D eigenvalue weighted by Gasteiger charge is 2.58. The Hall–Kier alpha value is -11.3. The van der Waals surface area contributed by atoms with Crippen molar-refractivity contribution in [1.82, 2.24) is 14.7 Å². The van der Waals surface area contributed by atoms with Crippen molar-refractivity contribution in [3.8, 4) is 17.2 Å². The first kappa shape index (κ1) is 104. The Morgan fingerprint density at radius 1 is 0.372 bits per heavy atom. The summed E-state index contributed by atoms with van der Waals surface area (Å²) in [5.41, 5.74) is 9.14. The number of aliphatic hydroxyl groups excluding tert-OH is 1. The first-order chi connectivity index (χ1) is 57.7. The van der Waals surface area contributed by atoms with Gasteiger partial charge < -0.3 is 73.6 Å². The molecule has 25 nitrogen and oxygen atoms in total. The summed E-state index contributed by atoms with van der Waals surface area (Å²) in [6.07, 6.45) is -0.372. The number of nitrogens with two attached hydrogens (primary N) is 1. The normalized spacial score (nSPS) is 17.6. The van der Waals surface area contributed by atoms with Crippen molar-refractivity contribution >= 4 is 59.8 Å². The van der Waals surface area contributed by atoms with Gasteiger partial charge in [-0.3, -0.25) is 29.0 Å². The number of esters is 4. The van der Waals surface area contributed by atoms with Crippen LogP contribution in [-0.4, -0.2) is 185 Å². The van der Waals surface area contributed by atoms with Gasteiger partial charge in [0.15, 0.2) is 0 Å². The number of carboxylic acids is 2. The lowest BCUT2D eigenvalue weighted by Gasteiger charge is -2.50. The third-order valence-electron chi connectivity index (χ3n) is 19.1. The summed E-state index contributed by atoms with van der Waals surface area (Å²) in [4.78, 5) is 117. The number of benzene rings is 7. The number of aliphatic carboxylic acids is 2. The Balaban J connectivity index is 0.000000381. The van der Waals surface area contributed by atoms with E-state index >= 15 is 0 Å². The second-order valence-electron chi connectivity index (χ2n) is 30.2. The van der Waals surface area contributed by atoms with Crippen molar-refractivity contribution < 1.29 is 96.4 Å². The number of para-hydroxylation sites is 3. The second-order valence-corrected chi connectivity index (χ2v) is 30.2. The fraction of sp³-hybridized carbons (Fsp3) is 0.458. The molecule has 3 aliphatic rings. The maximum atomic E-state index is 13.0. The molecule has 0 aromatic heterocycles. The zero-order valence-corrected chi connectivity index (χ0v) is 74.1. The topological polar surface area (TPSA) is 336 Å². The van der Waals surface area contributed by atoms with Gasteiger partial charge in [-0.05, 0) is 136 Å². The fourth-order valence-corrected chi connectivity index (χ4v) is 12.5. The Morgan fingerprint density at radius 2 is 0.636 bits per heavy atom. The van der Waals surface area contributed by atoms with E-state index in [1.54, 1.807) is 97.9 Å². The van der Waals surface area contributed by atoms with E-state index < -0.39 is 72.5 Å². The van der Waals surface area contributed by atoms with Crippen LogP contribution in [0, 0.1) is 41.4 Å². The first-order valence-corrected chi connectivity index (χ1v) is 41.5. The number of ether oxygens (including phenoxy) is 8. The molecule has 7 aromatic carbocycles. The quantitative estimate of drug-likeness (QED) is 0.0136. The number of aliphatic hydroxyl groups is 1. The molecule has 3 aliphatic heterocycles. The van der Waals surface area contributed by atoms with Gasteiger partial charge in [0.2, 0.25) is 18.3 Å². The summed E-state index contributed by atoms with van der Waals surface area (Å²) in [5, 5.41) is 26.8. The molecular formula is C96H131N5O20. The first-order valence-electron chi connectivity index (χ1n) is 41.5. The molecule has 0 spiro atoms. The lowest BCUT2D eigenvalue weighted by molar-refractivity contribution is -0.181. The Labute approximate surface area is 716 Å². The molecule has 2 unspecified atom stereocenters. The van der Waals surface area contributed by atoms with Crippen LogP contribution in [0.25, 0.3) is 0 Å². The van der Waals surface area contributed by atoms with Crippen LogP contribution < -0.4 is 19.9 Å². The van der Waals surface area contributed by atoms with E-state index in [9.17, 15) is 53.4 Å². The zero-order chi connectivity index (χ0) is 90.4. The second kappa shape index (κ2) is 55.5. The third kappa shape index (κ3) is 32.7. The molecule has 660 valence electrons. The number of rotatable bonds is 31. The predicted molar refractivity (Wildman–Crippen MR) is 468 cm³/mol. The number of likely N-dealkylation sites (tertiary alicyclic amines) is 3. The summed E-state index contributed by atoms with van der Waals surface area (Å²) in [6.45, 7) is 38.1. The highest BCUT2D eigenvalue weighted by Crippen LogP contribution is 2.44. The number of carbonyl (C=O) groups is 9. The van der Waals surface area contributed by atoms with Crippen molar-refractivity contribution in [2.45, 2.75) is 198 Å². The number of amides is 3. The number of hydrogen-bond donors (Lipinski definition) is 4. The van der Waals surface area contributed by atoms with Gasteiger partial charge in [0.05, 0.1) is 32.3 Å². The number of carboxylic acid groups (broad SMARTS) is 2. The summed E-state index contributed by atoms with van der Waals surface area (Å²) in [5.74, 6) is -1.77. The van der Waals surface area contributed by atoms with Crippen LogP contribution in [0.4, 0.5) is 0 Å². The van der Waals surface area contributed by atoms with Gasteiger partial charge in [-0.25, -0.2) is 19.2 Å². The minimum atomic E-state index is -0.998. The number of β-lactam (4-membered cyclic amide) rings is 3. The van der Waals surface area contributed by atoms with Crippen molar-refractivity contribution in [2.24, 2.45) is 52.2 Å². The molecule has 7 aromatic rings. The third-order valence-corrected chi connectivity index (χ3v) is 19.1. The molecule has 3 fully saturated rings. The van der Waals surface area contributed by atoms with Crippen LogP contribution in [0.3, 0.4) is 0 Å². The lowest BCUT2D eigenvalue weighted by Crippen LogP contribution is -2.67. The van der Waals surface area contributed by atoms with E-state index in [4.69, 9.17) is 44.0 Å². The molecule has 25 heteroatoms. The van der Waals surface area contributed by atoms with E-state index in [2.05, 4.69) is 9.73 Å². The van der Waals surface area contributed by atoms with Crippen LogP contribution >= 0.6 is 0 Å². The number of nitrogens with zero attached hydrogens (tertiary/aromatic N) is 4. The number of carbonyl (C=O) groups excluding carboxylic acids is 7. The van der Waals surface area contributed by atoms with E-state index in [0.717, 1.165) is 28.9 Å². The van der Waals surface area contributed by atoms with Crippen molar-refractivity contribution in [3.05, 3.63) is 235 Å². The SMILES string of the molecule is CC(C)[C@@H](C(=O)O)N1C(=O)[C@@H](Oc2ccccc2)[C@H]1c1ccccc1.CC(C)[C@@H](C(=O)O)N1C(=O)[C@H](Oc2ccccc2)[C@@H]1c1ccccc1.CCO.CCOC.CCOC(=O)[C@@H](C)C(C)C.CCOC(=O)[C@@H](N)C(C)C.CCOC(=O)[C@@H](N=Cc1ccccc1)C(C)C.CCOC(=O)[C@H](C(C)C)N1C(=O)C(Oc2ccccc2)C1c1ccccc1. The lowest BCUT2D eigenvalue weighted by atomic mass is 9.86. The molecule has 10 rings (SSSR count). The molecule has 3 heterocycles. The number of hydrogen-bond acceptors (Lipinski definition) is 20. The minimum Gasteiger partial charge on any atom is -0.480 e. The maximum absolute atomic E-state index is 13.0. The standard InChI is InChI=1S/C22H25NO4.2C20H21NO4.C14H19NO2.C8H16O2.C7H15NO2.C3H8O.C2H6O/c1-4-26-22(25)18(15(2)3)23-19(16-11-7-5-8-12-16)20(21(23)24)27-17-13-9-6-10-14-17;2*1-13(2)16(20(23)24)21-17(14-9-5-3-6-10-14)18(19(21)22)25-15-11-7-4-8-12-15;1-4-17-14(16)13(11(2)3)15-10-12-8-6-5-7-9-12;1-5-10-8(9)7(4)6(2)3;1-4-10-7(9)6(8)5(2)3;1-3-4-2;1-2-3/h5-15,18-20H,4H2,1-3H3;2*3-13,16-18H,1-2H3,(H,23,24);5-11,13H,4H2,1-3H3;6-7H,5H2,1-4H3;5-6H,4,8H2,1-3H3;3H2,1-2H3;3H,2H2,1H3/t18-,19?,20?;16-,17+,18-;16-,17-,18+;13-;7-;6-;;/m000000../s1. The Morgan fingerprint density at radius 3 is 0.893 bits per heavy atom. The monoisotopic (exact) mass is 1670 g/mol. The molecule has 5 N–H and O–H groups in total. The summed E-state index contributed by atoms with van der Waals surface area (Å²) in [7, 11) is 1.68. The van der Waals surface area contributed by atoms with Gasteiger partial charge in [-0.15, -0.1) is 0 Å². The molecule has 3 saturated heterocycles. The maximum Gasteiger partial charge on any atom is 0.331 e. The Bertz CT molecular complexity index is 4000. The van der Waals surface area contributed by atoms with Crippen LogP contribution in [0.15, 0.2) is 217 Å². The van der Waals surface area contributed by atoms with Crippen LogP contribution in [-0.2, 0) is 66.8 Å². The van der Waals surface area contributed by atoms with Gasteiger partial charge in [-0.2, -0.15) is 0 Å². The van der Waals surface area contributed by atoms with Gasteiger partial charge >= 0.3 is 35.8 Å². The average molecular weight is 1680 g/mol. The van der Waals surface area contributed by atoms with Crippen molar-refractivity contribution in [3.63, 3.8) is 0 Å². The average Bonchev–Trinajstić information content (AvgIpc) is 0.751. The molecule has 3 amide bonds. The van der Waals surface area contributed by atoms with E-state index in [-0.39, 0.29) is 96.4 Å². The van der Waals surface area contributed by atoms with E-state index in [1.807, 2.05) is 264 Å². The summed E-state index contributed by atoms with van der Waals surface area (Å²) >= 11 is 0. The molecule has 0 aliphatic carbocycles. The fourth-order valence-electron chi connectivity index (χ4n) is 12.5. The smallest absolute Gasteiger partial charge is 0.331 e. The van der Waals surface area contributed by atoms with Crippen LogP contribution in [0.1, 0.15) is 172 Å². The molecule has 0 saturated carbocycles. The molecular weight excluding hydrogens is 1540 g/mol. The van der Waals surface area contributed by atoms with E-state index in [0.29, 0.717) is 43.0 Å². The van der Waals surface area contributed by atoms with Crippen LogP contribution in [0.2, 0.25) is 0 Å². The van der Waals surface area contributed by atoms with Crippen molar-refractivity contribution in [1.29, 1.82) is 0 Å². The summed E-state index contributed by atoms with van der Waals surface area (Å²) in [6, 6.07) is 61.3. The molecule has 0 bridgehead atoms. The van der Waals surface area contributed by atoms with Gasteiger partial charge in [0.25, 0.3) is 17.7 Å². The minimum absolute atomic E-state index is 0.0277. The highest BCUT2D eigenvalue weighted by molar-refractivity contribution is 5.95. The number of aliphatic imine (C=N–C) groups is 1. The molecule has 0 radical (unpaired) electrons. The molecule has 121 heavy (non-hydrogen) atoms. The molecule has 12 atom stereocenters. The van der Waals surface area contributed by atoms with Gasteiger partial charge in [0.1, 0.15) is 65.6 Å². The van der Waals surface area contributed by atoms with Gasteiger partial charge in [0, 0.05) is 26.5 Å². The van der Waals surface area contributed by atoms with Gasteiger partial charge in [-0.1, -0.05) is 266 Å². The zero-order valence-electron chi connectivity index (χ0n) is 74.1. The highest BCUT2D eigenvalue weighted by atomic mass is 16.6. The van der Waals surface area contributed by atoms with Crippen LogP contribution in [0.5, 0.6) is 17.2 Å². The Kier molecular flexibility index (Phi) is 47.7. The largest absolute Gasteiger partial charge is 0.480 e.